The van der Waals surface area contributed by atoms with Gasteiger partial charge in [0.1, 0.15) is 5.82 Å². The molecule has 0 N–H and O–H groups in total. The maximum atomic E-state index is 5.75. The van der Waals surface area contributed by atoms with Gasteiger partial charge in [-0.05, 0) is 38.0 Å². The largest absolute Gasteiger partial charge is 0.377 e. The van der Waals surface area contributed by atoms with E-state index < -0.39 is 0 Å². The average Bonchev–Trinajstić information content (AvgIpc) is 2.71. The topological polar surface area (TPSA) is 35.0 Å². The lowest BCUT2D eigenvalue weighted by Gasteiger charge is -2.27. The van der Waals surface area contributed by atoms with Crippen molar-refractivity contribution in [2.45, 2.75) is 116 Å². The summed E-state index contributed by atoms with van der Waals surface area (Å²) < 4.78 is 5.75. The van der Waals surface area contributed by atoms with Crippen LogP contribution in [-0.2, 0) is 11.3 Å². The maximum Gasteiger partial charge on any atom is 0.131 e. The van der Waals surface area contributed by atoms with Crippen molar-refractivity contribution in [1.29, 1.82) is 0 Å². The van der Waals surface area contributed by atoms with Gasteiger partial charge >= 0.3 is 0 Å². The molecule has 0 aliphatic heterocycles. The summed E-state index contributed by atoms with van der Waals surface area (Å²) in [7, 11) is 0. The Bertz CT molecular complexity index is 466. The van der Waals surface area contributed by atoms with Crippen LogP contribution in [0.25, 0.3) is 0 Å². The molecule has 0 atom stereocenters. The second-order valence-electron chi connectivity index (χ2n) is 8.48. The van der Waals surface area contributed by atoms with Gasteiger partial charge < -0.3 is 4.74 Å². The molecule has 0 radical (unpaired) electrons. The van der Waals surface area contributed by atoms with Crippen molar-refractivity contribution in [2.75, 3.05) is 6.61 Å². The Labute approximate surface area is 167 Å². The number of aromatic nitrogens is 2. The molecule has 0 saturated heterocycles. The molecule has 27 heavy (non-hydrogen) atoms. The molecule has 3 heteroatoms. The lowest BCUT2D eigenvalue weighted by Crippen LogP contribution is -2.15. The molecule has 1 fully saturated rings. The molecular weight excluding hydrogens is 332 g/mol. The van der Waals surface area contributed by atoms with Gasteiger partial charge in [0.2, 0.25) is 0 Å². The van der Waals surface area contributed by atoms with Gasteiger partial charge in [0.25, 0.3) is 0 Å². The van der Waals surface area contributed by atoms with E-state index in [4.69, 9.17) is 4.74 Å². The lowest BCUT2D eigenvalue weighted by atomic mass is 9.79. The minimum atomic E-state index is 0.574. The van der Waals surface area contributed by atoms with E-state index in [1.165, 1.54) is 83.5 Å². The van der Waals surface area contributed by atoms with Gasteiger partial charge in [-0.2, -0.15) is 0 Å². The van der Waals surface area contributed by atoms with Crippen LogP contribution >= 0.6 is 0 Å². The minimum absolute atomic E-state index is 0.574. The van der Waals surface area contributed by atoms with E-state index in [1.54, 1.807) is 0 Å². The van der Waals surface area contributed by atoms with Gasteiger partial charge in [0.05, 0.1) is 6.61 Å². The first-order valence-corrected chi connectivity index (χ1v) is 11.7. The zero-order valence-corrected chi connectivity index (χ0v) is 17.9. The maximum absolute atomic E-state index is 5.75. The number of hydrogen-bond donors (Lipinski definition) is 0. The Hall–Kier alpha value is -0.960. The van der Waals surface area contributed by atoms with Crippen LogP contribution in [0, 0.1) is 5.92 Å². The Morgan fingerprint density at radius 3 is 2.11 bits per heavy atom. The Morgan fingerprint density at radius 1 is 0.815 bits per heavy atom. The van der Waals surface area contributed by atoms with E-state index in [-0.39, 0.29) is 0 Å². The van der Waals surface area contributed by atoms with Crippen molar-refractivity contribution < 1.29 is 4.74 Å². The smallest absolute Gasteiger partial charge is 0.131 e. The molecule has 2 rings (SSSR count). The molecule has 3 nitrogen and oxygen atoms in total. The highest BCUT2D eigenvalue weighted by molar-refractivity contribution is 5.07. The van der Waals surface area contributed by atoms with E-state index >= 15 is 0 Å². The van der Waals surface area contributed by atoms with Gasteiger partial charge in [0, 0.05) is 30.5 Å². The van der Waals surface area contributed by atoms with Crippen LogP contribution in [0.4, 0.5) is 0 Å². The average molecular weight is 375 g/mol. The van der Waals surface area contributed by atoms with Gasteiger partial charge in [-0.3, -0.25) is 0 Å². The minimum Gasteiger partial charge on any atom is -0.377 e. The second kappa shape index (κ2) is 14.1. The van der Waals surface area contributed by atoms with Crippen molar-refractivity contribution in [3.63, 3.8) is 0 Å². The predicted molar refractivity (Wildman–Crippen MR) is 114 cm³/mol. The molecule has 1 aliphatic carbocycles. The fraction of sp³-hybridized carbons (Fsp3) is 0.833. The summed E-state index contributed by atoms with van der Waals surface area (Å²) in [6.07, 6.45) is 22.7. The van der Waals surface area contributed by atoms with E-state index in [0.29, 0.717) is 12.5 Å². The number of unbranched alkanes of at least 4 members (excludes halogenated alkanes) is 7. The van der Waals surface area contributed by atoms with Crippen LogP contribution < -0.4 is 0 Å². The lowest BCUT2D eigenvalue weighted by molar-refractivity contribution is 0.116. The van der Waals surface area contributed by atoms with Gasteiger partial charge in [-0.1, -0.05) is 71.6 Å². The summed E-state index contributed by atoms with van der Waals surface area (Å²) in [6.45, 7) is 6.03. The van der Waals surface area contributed by atoms with E-state index in [1.807, 2.05) is 12.4 Å². The van der Waals surface area contributed by atoms with E-state index in [2.05, 4.69) is 23.8 Å². The standard InChI is InChI=1S/C24H42N2O/c1-3-5-7-9-10-12-21-13-15-23(16-14-21)24-25-18-22(19-26-24)20-27-17-11-8-6-4-2/h18-19,21,23H,3-17,20H2,1-2H3. The van der Waals surface area contributed by atoms with Crippen molar-refractivity contribution in [3.8, 4) is 0 Å². The van der Waals surface area contributed by atoms with Crippen LogP contribution in [0.1, 0.15) is 121 Å². The quantitative estimate of drug-likeness (QED) is 0.323. The van der Waals surface area contributed by atoms with Gasteiger partial charge in [-0.15, -0.1) is 0 Å². The van der Waals surface area contributed by atoms with Gasteiger partial charge in [-0.25, -0.2) is 9.97 Å². The number of rotatable bonds is 14. The second-order valence-corrected chi connectivity index (χ2v) is 8.48. The van der Waals surface area contributed by atoms with Crippen LogP contribution in [-0.4, -0.2) is 16.6 Å². The number of nitrogens with zero attached hydrogens (tertiary/aromatic N) is 2. The summed E-state index contributed by atoms with van der Waals surface area (Å²) in [5.41, 5.74) is 1.11. The fourth-order valence-corrected chi connectivity index (χ4v) is 4.22. The first-order valence-electron chi connectivity index (χ1n) is 11.7. The third-order valence-electron chi connectivity index (χ3n) is 6.06. The molecule has 0 spiro atoms. The SMILES string of the molecule is CCCCCCCC1CCC(c2ncc(COCCCCCC)cn2)CC1. The molecule has 154 valence electrons. The van der Waals surface area contributed by atoms with E-state index in [0.717, 1.165) is 30.3 Å². The zero-order chi connectivity index (χ0) is 19.2. The Morgan fingerprint density at radius 2 is 1.44 bits per heavy atom. The molecular formula is C24H42N2O. The molecule has 1 aromatic heterocycles. The molecule has 0 bridgehead atoms. The highest BCUT2D eigenvalue weighted by atomic mass is 16.5. The van der Waals surface area contributed by atoms with Crippen molar-refractivity contribution in [3.05, 3.63) is 23.8 Å². The monoisotopic (exact) mass is 374 g/mol. The molecule has 0 aromatic carbocycles. The van der Waals surface area contributed by atoms with Crippen LogP contribution in [0.2, 0.25) is 0 Å². The summed E-state index contributed by atoms with van der Waals surface area (Å²) >= 11 is 0. The number of ether oxygens (including phenoxy) is 1. The fourth-order valence-electron chi connectivity index (χ4n) is 4.22. The van der Waals surface area contributed by atoms with Crippen LogP contribution in [0.3, 0.4) is 0 Å². The summed E-state index contributed by atoms with van der Waals surface area (Å²) in [5, 5.41) is 0. The predicted octanol–water partition coefficient (Wildman–Crippen LogP) is 7.21. The molecule has 1 aliphatic rings. The summed E-state index contributed by atoms with van der Waals surface area (Å²) in [6, 6.07) is 0. The third-order valence-corrected chi connectivity index (χ3v) is 6.06. The van der Waals surface area contributed by atoms with Crippen LogP contribution in [0.5, 0.6) is 0 Å². The molecule has 0 unspecified atom stereocenters. The van der Waals surface area contributed by atoms with Crippen molar-refractivity contribution >= 4 is 0 Å². The molecule has 0 amide bonds. The highest BCUT2D eigenvalue weighted by Gasteiger charge is 2.23. The Kier molecular flexibility index (Phi) is 11.7. The Balaban J connectivity index is 1.60. The normalized spacial score (nSPS) is 20.1. The van der Waals surface area contributed by atoms with Gasteiger partial charge in [0.15, 0.2) is 0 Å². The molecule has 1 heterocycles. The summed E-state index contributed by atoms with van der Waals surface area (Å²) in [5.74, 6) is 2.58. The highest BCUT2D eigenvalue weighted by Crippen LogP contribution is 2.36. The van der Waals surface area contributed by atoms with Crippen molar-refractivity contribution in [1.82, 2.24) is 9.97 Å². The first-order chi connectivity index (χ1) is 13.3. The van der Waals surface area contributed by atoms with Crippen LogP contribution in [0.15, 0.2) is 12.4 Å². The summed E-state index contributed by atoms with van der Waals surface area (Å²) in [4.78, 5) is 9.32. The van der Waals surface area contributed by atoms with Crippen molar-refractivity contribution in [2.24, 2.45) is 5.92 Å². The molecule has 1 saturated carbocycles. The number of hydrogen-bond acceptors (Lipinski definition) is 3. The third kappa shape index (κ3) is 9.19. The first kappa shape index (κ1) is 22.3. The van der Waals surface area contributed by atoms with E-state index in [9.17, 15) is 0 Å². The zero-order valence-electron chi connectivity index (χ0n) is 17.9. The molecule has 1 aromatic rings.